The molecule has 0 spiro atoms. The summed E-state index contributed by atoms with van der Waals surface area (Å²) in [4.78, 5) is 11.1. The highest BCUT2D eigenvalue weighted by Crippen LogP contribution is 2.62. The molecule has 4 rings (SSSR count). The minimum atomic E-state index is -0.157. The summed E-state index contributed by atoms with van der Waals surface area (Å²) in [6, 6.07) is 0. The number of aliphatic hydroxyl groups is 1. The van der Waals surface area contributed by atoms with Crippen molar-refractivity contribution in [3.05, 3.63) is 23.3 Å². The van der Waals surface area contributed by atoms with E-state index in [9.17, 15) is 9.90 Å². The Hall–Kier alpha value is -1.09. The molecule has 4 aliphatic carbocycles. The van der Waals surface area contributed by atoms with Crippen LogP contribution in [-0.2, 0) is 9.53 Å². The summed E-state index contributed by atoms with van der Waals surface area (Å²) in [6.07, 6.45) is 13.8. The minimum Gasteiger partial charge on any atom is -0.466 e. The van der Waals surface area contributed by atoms with Crippen LogP contribution in [-0.4, -0.2) is 23.8 Å². The predicted molar refractivity (Wildman–Crippen MR) is 97.8 cm³/mol. The fraction of sp³-hybridized carbons (Fsp3) is 0.773. The van der Waals surface area contributed by atoms with Gasteiger partial charge >= 0.3 is 5.97 Å². The van der Waals surface area contributed by atoms with Crippen LogP contribution in [0.5, 0.6) is 0 Å². The van der Waals surface area contributed by atoms with Gasteiger partial charge in [0.2, 0.25) is 0 Å². The Labute approximate surface area is 151 Å². The first-order valence-corrected chi connectivity index (χ1v) is 10.2. The van der Waals surface area contributed by atoms with E-state index in [1.54, 1.807) is 5.57 Å². The highest BCUT2D eigenvalue weighted by molar-refractivity contribution is 5.65. The zero-order valence-electron chi connectivity index (χ0n) is 15.7. The van der Waals surface area contributed by atoms with Crippen LogP contribution < -0.4 is 0 Å². The van der Waals surface area contributed by atoms with Crippen molar-refractivity contribution in [2.75, 3.05) is 6.61 Å². The second-order valence-electron chi connectivity index (χ2n) is 9.06. The van der Waals surface area contributed by atoms with Crippen molar-refractivity contribution >= 4 is 5.97 Å². The molecule has 0 aromatic carbocycles. The number of esters is 1. The molecule has 6 atom stereocenters. The van der Waals surface area contributed by atoms with Crippen LogP contribution in [0.2, 0.25) is 0 Å². The number of hydrogen-bond acceptors (Lipinski definition) is 3. The van der Waals surface area contributed by atoms with Gasteiger partial charge in [0, 0.05) is 6.92 Å². The van der Waals surface area contributed by atoms with Gasteiger partial charge in [0.25, 0.3) is 0 Å². The first-order valence-electron chi connectivity index (χ1n) is 10.2. The second kappa shape index (κ2) is 6.57. The topological polar surface area (TPSA) is 46.5 Å². The summed E-state index contributed by atoms with van der Waals surface area (Å²) in [5.74, 6) is 2.64. The van der Waals surface area contributed by atoms with Crippen molar-refractivity contribution in [3.8, 4) is 0 Å². The van der Waals surface area contributed by atoms with E-state index in [-0.39, 0.29) is 12.1 Å². The molecule has 0 heterocycles. The molecule has 0 amide bonds. The lowest BCUT2D eigenvalue weighted by Gasteiger charge is -2.50. The Bertz CT molecular complexity index is 604. The van der Waals surface area contributed by atoms with Gasteiger partial charge in [-0.05, 0) is 80.5 Å². The van der Waals surface area contributed by atoms with E-state index in [0.717, 1.165) is 31.6 Å². The largest absolute Gasteiger partial charge is 0.466 e. The summed E-state index contributed by atoms with van der Waals surface area (Å²) in [7, 11) is 0. The first kappa shape index (κ1) is 17.3. The van der Waals surface area contributed by atoms with Gasteiger partial charge in [-0.2, -0.15) is 0 Å². The average Bonchev–Trinajstić information content (AvgIpc) is 2.91. The summed E-state index contributed by atoms with van der Waals surface area (Å²) >= 11 is 0. The third-order valence-corrected chi connectivity index (χ3v) is 7.86. The normalized spacial score (nSPS) is 42.6. The van der Waals surface area contributed by atoms with E-state index < -0.39 is 0 Å². The number of carbonyl (C=O) groups is 1. The van der Waals surface area contributed by atoms with Crippen LogP contribution in [0.4, 0.5) is 0 Å². The SMILES string of the molecule is CC(=O)OCCC1CCC2C3=CC=C4CC(O)CCC4C3CCC12C. The third kappa shape index (κ3) is 2.99. The molecule has 4 aliphatic rings. The molecule has 0 bridgehead atoms. The van der Waals surface area contributed by atoms with E-state index in [0.29, 0.717) is 29.8 Å². The van der Waals surface area contributed by atoms with Gasteiger partial charge in [0.05, 0.1) is 12.7 Å². The van der Waals surface area contributed by atoms with Crippen LogP contribution in [0.3, 0.4) is 0 Å². The number of hydrogen-bond donors (Lipinski definition) is 1. The van der Waals surface area contributed by atoms with Crippen molar-refractivity contribution in [2.45, 2.75) is 71.3 Å². The summed E-state index contributed by atoms with van der Waals surface area (Å²) < 4.78 is 5.23. The maximum absolute atomic E-state index is 11.1. The maximum atomic E-state index is 11.1. The van der Waals surface area contributed by atoms with Crippen molar-refractivity contribution in [3.63, 3.8) is 0 Å². The number of carbonyl (C=O) groups excluding carboxylic acids is 1. The van der Waals surface area contributed by atoms with Gasteiger partial charge < -0.3 is 9.84 Å². The molecule has 1 N–H and O–H groups in total. The number of fused-ring (bicyclic) bond motifs is 5. The quantitative estimate of drug-likeness (QED) is 0.772. The maximum Gasteiger partial charge on any atom is 0.302 e. The van der Waals surface area contributed by atoms with Crippen LogP contribution in [0.15, 0.2) is 23.3 Å². The molecule has 3 nitrogen and oxygen atoms in total. The van der Waals surface area contributed by atoms with Crippen LogP contribution >= 0.6 is 0 Å². The molecular weight excluding hydrogens is 312 g/mol. The van der Waals surface area contributed by atoms with Gasteiger partial charge in [-0.3, -0.25) is 4.79 Å². The fourth-order valence-corrected chi connectivity index (χ4v) is 6.56. The zero-order chi connectivity index (χ0) is 17.6. The highest BCUT2D eigenvalue weighted by atomic mass is 16.5. The monoisotopic (exact) mass is 344 g/mol. The van der Waals surface area contributed by atoms with Crippen molar-refractivity contribution in [1.82, 2.24) is 0 Å². The molecule has 0 aliphatic heterocycles. The number of allylic oxidation sites excluding steroid dienone is 3. The average molecular weight is 344 g/mol. The molecule has 138 valence electrons. The minimum absolute atomic E-state index is 0.122. The summed E-state index contributed by atoms with van der Waals surface area (Å²) in [5.41, 5.74) is 3.58. The first-order chi connectivity index (χ1) is 12.0. The highest BCUT2D eigenvalue weighted by Gasteiger charge is 2.53. The van der Waals surface area contributed by atoms with Crippen molar-refractivity contribution < 1.29 is 14.6 Å². The molecular formula is C22H32O3. The summed E-state index contributed by atoms with van der Waals surface area (Å²) in [5, 5.41) is 9.99. The molecule has 0 aromatic heterocycles. The van der Waals surface area contributed by atoms with E-state index in [4.69, 9.17) is 4.74 Å². The molecule has 25 heavy (non-hydrogen) atoms. The van der Waals surface area contributed by atoms with Crippen LogP contribution in [0, 0.1) is 29.1 Å². The van der Waals surface area contributed by atoms with E-state index >= 15 is 0 Å². The Balaban J connectivity index is 1.51. The zero-order valence-corrected chi connectivity index (χ0v) is 15.7. The van der Waals surface area contributed by atoms with Gasteiger partial charge in [-0.25, -0.2) is 0 Å². The van der Waals surface area contributed by atoms with E-state index in [2.05, 4.69) is 19.1 Å². The Kier molecular flexibility index (Phi) is 4.56. The Morgan fingerprint density at radius 2 is 2.04 bits per heavy atom. The lowest BCUT2D eigenvalue weighted by molar-refractivity contribution is -0.141. The summed E-state index contributed by atoms with van der Waals surface area (Å²) in [6.45, 7) is 4.57. The third-order valence-electron chi connectivity index (χ3n) is 7.86. The Morgan fingerprint density at radius 3 is 2.84 bits per heavy atom. The van der Waals surface area contributed by atoms with Crippen LogP contribution in [0.25, 0.3) is 0 Å². The molecule has 0 radical (unpaired) electrons. The smallest absolute Gasteiger partial charge is 0.302 e. The van der Waals surface area contributed by atoms with Gasteiger partial charge in [0.15, 0.2) is 0 Å². The number of ether oxygens (including phenoxy) is 1. The van der Waals surface area contributed by atoms with Gasteiger partial charge in [-0.15, -0.1) is 0 Å². The molecule has 0 saturated heterocycles. The standard InChI is InChI=1S/C22H32O3/c1-14(23)25-12-10-16-4-8-21-20-6-3-15-13-17(24)5-7-18(15)19(20)9-11-22(16,21)2/h3,6,16-19,21,24H,4-5,7-13H2,1-2H3. The molecule has 3 fully saturated rings. The van der Waals surface area contributed by atoms with E-state index in [1.165, 1.54) is 38.2 Å². The van der Waals surface area contributed by atoms with Gasteiger partial charge in [-0.1, -0.05) is 30.2 Å². The predicted octanol–water partition coefficient (Wildman–Crippen LogP) is 4.41. The van der Waals surface area contributed by atoms with Crippen molar-refractivity contribution in [1.29, 1.82) is 0 Å². The van der Waals surface area contributed by atoms with Crippen molar-refractivity contribution in [2.24, 2.45) is 29.1 Å². The number of aliphatic hydroxyl groups excluding tert-OH is 1. The fourth-order valence-electron chi connectivity index (χ4n) is 6.56. The Morgan fingerprint density at radius 1 is 1.20 bits per heavy atom. The lowest BCUT2D eigenvalue weighted by atomic mass is 9.55. The molecule has 3 heteroatoms. The number of rotatable bonds is 3. The van der Waals surface area contributed by atoms with Crippen LogP contribution in [0.1, 0.15) is 65.2 Å². The molecule has 3 saturated carbocycles. The van der Waals surface area contributed by atoms with Gasteiger partial charge in [0.1, 0.15) is 0 Å². The molecule has 0 aromatic rings. The van der Waals surface area contributed by atoms with E-state index in [1.807, 2.05) is 0 Å². The lowest BCUT2D eigenvalue weighted by Crippen LogP contribution is -2.41. The molecule has 6 unspecified atom stereocenters. The second-order valence-corrected chi connectivity index (χ2v) is 9.06.